The molecular weight excluding hydrogens is 128 g/mol. The number of ketones is 1. The summed E-state index contributed by atoms with van der Waals surface area (Å²) in [4.78, 5) is 10.7. The van der Waals surface area contributed by atoms with Gasteiger partial charge >= 0.3 is 0 Å². The van der Waals surface area contributed by atoms with Gasteiger partial charge in [0.15, 0.2) is 0 Å². The van der Waals surface area contributed by atoms with Gasteiger partial charge in [0, 0.05) is 12.5 Å². The van der Waals surface area contributed by atoms with Crippen LogP contribution in [0.1, 0.15) is 20.3 Å². The van der Waals surface area contributed by atoms with E-state index in [1.165, 1.54) is 0 Å². The highest BCUT2D eigenvalue weighted by Crippen LogP contribution is 2.38. The first-order chi connectivity index (χ1) is 4.75. The minimum absolute atomic E-state index is 0.324. The number of hydrogen-bond donors (Lipinski definition) is 0. The molecule has 1 fully saturated rings. The molecule has 1 aliphatic carbocycles. The van der Waals surface area contributed by atoms with Crippen LogP contribution in [0.15, 0.2) is 0 Å². The Morgan fingerprint density at radius 1 is 1.70 bits per heavy atom. The summed E-state index contributed by atoms with van der Waals surface area (Å²) in [6, 6.07) is 0. The standard InChI is InChI=1S/C8H14O2/c1-3-10-5-7-4-8(7)6(2)9/h7-8H,3-5H2,1-2H3/t7-,8-/m1/s1. The summed E-state index contributed by atoms with van der Waals surface area (Å²) in [5.41, 5.74) is 0. The average Bonchev–Trinajstić information content (AvgIpc) is 2.62. The van der Waals surface area contributed by atoms with Crippen LogP contribution in [0.25, 0.3) is 0 Å². The second-order valence-electron chi connectivity index (χ2n) is 2.87. The van der Waals surface area contributed by atoms with Crippen LogP contribution in [0.2, 0.25) is 0 Å². The number of rotatable bonds is 4. The SMILES string of the molecule is CCOC[C@H]1C[C@@H]1C(C)=O. The number of carbonyl (C=O) groups excluding carboxylic acids is 1. The van der Waals surface area contributed by atoms with E-state index in [2.05, 4.69) is 0 Å². The van der Waals surface area contributed by atoms with Crippen molar-refractivity contribution in [1.82, 2.24) is 0 Å². The molecule has 0 unspecified atom stereocenters. The Morgan fingerprint density at radius 2 is 2.40 bits per heavy atom. The minimum Gasteiger partial charge on any atom is -0.381 e. The van der Waals surface area contributed by atoms with Crippen LogP contribution in [0.3, 0.4) is 0 Å². The highest BCUT2D eigenvalue weighted by molar-refractivity contribution is 5.81. The van der Waals surface area contributed by atoms with Crippen molar-refractivity contribution in [2.45, 2.75) is 20.3 Å². The van der Waals surface area contributed by atoms with Gasteiger partial charge in [-0.25, -0.2) is 0 Å². The summed E-state index contributed by atoms with van der Waals surface area (Å²) in [6.07, 6.45) is 1.05. The average molecular weight is 142 g/mol. The first-order valence-electron chi connectivity index (χ1n) is 3.84. The van der Waals surface area contributed by atoms with E-state index >= 15 is 0 Å². The van der Waals surface area contributed by atoms with Crippen LogP contribution in [-0.2, 0) is 9.53 Å². The van der Waals surface area contributed by atoms with E-state index in [4.69, 9.17) is 4.74 Å². The molecule has 0 radical (unpaired) electrons. The van der Waals surface area contributed by atoms with Crippen LogP contribution >= 0.6 is 0 Å². The van der Waals surface area contributed by atoms with Gasteiger partial charge in [-0.15, -0.1) is 0 Å². The van der Waals surface area contributed by atoms with Crippen LogP contribution in [-0.4, -0.2) is 19.0 Å². The van der Waals surface area contributed by atoms with Crippen molar-refractivity contribution in [3.8, 4) is 0 Å². The summed E-state index contributed by atoms with van der Waals surface area (Å²) in [7, 11) is 0. The van der Waals surface area contributed by atoms with Crippen molar-refractivity contribution in [3.63, 3.8) is 0 Å². The summed E-state index contributed by atoms with van der Waals surface area (Å²) in [5.74, 6) is 1.19. The maximum atomic E-state index is 10.7. The fraction of sp³-hybridized carbons (Fsp3) is 0.875. The number of carbonyl (C=O) groups is 1. The summed E-state index contributed by atoms with van der Waals surface area (Å²) in [5, 5.41) is 0. The van der Waals surface area contributed by atoms with E-state index in [9.17, 15) is 4.79 Å². The molecule has 0 amide bonds. The zero-order valence-corrected chi connectivity index (χ0v) is 6.59. The Kier molecular flexibility index (Phi) is 2.44. The lowest BCUT2D eigenvalue weighted by molar-refractivity contribution is -0.118. The molecule has 10 heavy (non-hydrogen) atoms. The smallest absolute Gasteiger partial charge is 0.133 e. The van der Waals surface area contributed by atoms with Crippen molar-refractivity contribution in [2.24, 2.45) is 11.8 Å². The lowest BCUT2D eigenvalue weighted by Crippen LogP contribution is -2.01. The van der Waals surface area contributed by atoms with Crippen molar-refractivity contribution in [2.75, 3.05) is 13.2 Å². The molecule has 0 N–H and O–H groups in total. The Balaban J connectivity index is 2.08. The van der Waals surface area contributed by atoms with Gasteiger partial charge in [-0.1, -0.05) is 0 Å². The summed E-state index contributed by atoms with van der Waals surface area (Å²) < 4.78 is 5.19. The van der Waals surface area contributed by atoms with E-state index in [-0.39, 0.29) is 0 Å². The van der Waals surface area contributed by atoms with Gasteiger partial charge in [-0.05, 0) is 26.2 Å². The van der Waals surface area contributed by atoms with Crippen molar-refractivity contribution < 1.29 is 9.53 Å². The maximum Gasteiger partial charge on any atom is 0.133 e. The maximum absolute atomic E-state index is 10.7. The van der Waals surface area contributed by atoms with Gasteiger partial charge in [0.25, 0.3) is 0 Å². The van der Waals surface area contributed by atoms with E-state index < -0.39 is 0 Å². The van der Waals surface area contributed by atoms with Crippen molar-refractivity contribution >= 4 is 5.78 Å². The Bertz CT molecular complexity index is 131. The van der Waals surface area contributed by atoms with Crippen molar-refractivity contribution in [1.29, 1.82) is 0 Å². The van der Waals surface area contributed by atoms with Crippen LogP contribution in [0.4, 0.5) is 0 Å². The van der Waals surface area contributed by atoms with Gasteiger partial charge in [0.05, 0.1) is 6.61 Å². The minimum atomic E-state index is 0.324. The molecule has 0 aromatic carbocycles. The molecule has 2 nitrogen and oxygen atoms in total. The molecule has 2 atom stereocenters. The van der Waals surface area contributed by atoms with Crippen LogP contribution in [0.5, 0.6) is 0 Å². The Hall–Kier alpha value is -0.370. The fourth-order valence-electron chi connectivity index (χ4n) is 1.20. The van der Waals surface area contributed by atoms with Crippen molar-refractivity contribution in [3.05, 3.63) is 0 Å². The van der Waals surface area contributed by atoms with Gasteiger partial charge < -0.3 is 4.74 Å². The lowest BCUT2D eigenvalue weighted by atomic mass is 10.2. The molecule has 1 aliphatic rings. The molecule has 0 spiro atoms. The van der Waals surface area contributed by atoms with Gasteiger partial charge in [0.1, 0.15) is 5.78 Å². The van der Waals surface area contributed by atoms with E-state index in [1.54, 1.807) is 6.92 Å². The quantitative estimate of drug-likeness (QED) is 0.590. The second-order valence-corrected chi connectivity index (χ2v) is 2.87. The normalized spacial score (nSPS) is 30.2. The number of ether oxygens (including phenoxy) is 1. The molecule has 0 saturated heterocycles. The summed E-state index contributed by atoms with van der Waals surface area (Å²) in [6.45, 7) is 5.18. The third-order valence-electron chi connectivity index (χ3n) is 1.98. The number of hydrogen-bond acceptors (Lipinski definition) is 2. The molecule has 0 aromatic rings. The monoisotopic (exact) mass is 142 g/mol. The molecule has 1 rings (SSSR count). The predicted octanol–water partition coefficient (Wildman–Crippen LogP) is 1.25. The fourth-order valence-corrected chi connectivity index (χ4v) is 1.20. The lowest BCUT2D eigenvalue weighted by Gasteiger charge is -1.96. The van der Waals surface area contributed by atoms with E-state index in [1.807, 2.05) is 6.92 Å². The Labute approximate surface area is 61.6 Å². The molecule has 0 heterocycles. The second kappa shape index (κ2) is 3.15. The molecule has 58 valence electrons. The van der Waals surface area contributed by atoms with E-state index in [0.717, 1.165) is 19.6 Å². The molecule has 2 heteroatoms. The topological polar surface area (TPSA) is 26.3 Å². The third kappa shape index (κ3) is 1.81. The first kappa shape index (κ1) is 7.73. The van der Waals surface area contributed by atoms with Gasteiger partial charge in [-0.3, -0.25) is 4.79 Å². The van der Waals surface area contributed by atoms with E-state index in [0.29, 0.717) is 17.6 Å². The largest absolute Gasteiger partial charge is 0.381 e. The van der Waals surface area contributed by atoms with Crippen LogP contribution < -0.4 is 0 Å². The first-order valence-corrected chi connectivity index (χ1v) is 3.84. The molecule has 0 bridgehead atoms. The van der Waals surface area contributed by atoms with Gasteiger partial charge in [0.2, 0.25) is 0 Å². The number of Topliss-reactive ketones (excluding diaryl/α,β-unsaturated/α-hetero) is 1. The summed E-state index contributed by atoms with van der Waals surface area (Å²) >= 11 is 0. The highest BCUT2D eigenvalue weighted by Gasteiger charge is 2.40. The molecular formula is C8H14O2. The molecule has 0 aromatic heterocycles. The van der Waals surface area contributed by atoms with Crippen LogP contribution in [0, 0.1) is 11.8 Å². The molecule has 0 aliphatic heterocycles. The highest BCUT2D eigenvalue weighted by atomic mass is 16.5. The zero-order chi connectivity index (χ0) is 7.56. The van der Waals surface area contributed by atoms with Gasteiger partial charge in [-0.2, -0.15) is 0 Å². The molecule has 1 saturated carbocycles. The zero-order valence-electron chi connectivity index (χ0n) is 6.59. The third-order valence-corrected chi connectivity index (χ3v) is 1.98. The Morgan fingerprint density at radius 3 is 2.80 bits per heavy atom. The predicted molar refractivity (Wildman–Crippen MR) is 38.8 cm³/mol.